The fourth-order valence-corrected chi connectivity index (χ4v) is 5.25. The topological polar surface area (TPSA) is 50.4 Å². The van der Waals surface area contributed by atoms with Crippen LogP contribution in [0.2, 0.25) is 0 Å². The molecule has 0 atom stereocenters. The Balaban J connectivity index is 1.59. The van der Waals surface area contributed by atoms with Gasteiger partial charge in [-0.1, -0.05) is 48.5 Å². The third-order valence-corrected chi connectivity index (χ3v) is 6.46. The average molecular weight is 423 g/mol. The summed E-state index contributed by atoms with van der Waals surface area (Å²) in [5, 5.41) is 7.76. The van der Waals surface area contributed by atoms with Crippen molar-refractivity contribution in [1.82, 2.24) is 0 Å². The van der Waals surface area contributed by atoms with E-state index in [1.165, 1.54) is 12.0 Å². The first-order chi connectivity index (χ1) is 14.2. The van der Waals surface area contributed by atoms with Crippen LogP contribution in [-0.2, 0) is 17.6 Å². The predicted octanol–water partition coefficient (Wildman–Crippen LogP) is 5.89. The monoisotopic (exact) mass is 422 g/mol. The molecule has 0 bridgehead atoms. The Morgan fingerprint density at radius 2 is 1.72 bits per heavy atom. The van der Waals surface area contributed by atoms with Crippen molar-refractivity contribution >= 4 is 45.3 Å². The van der Waals surface area contributed by atoms with Gasteiger partial charge in [-0.3, -0.25) is 0 Å². The van der Waals surface area contributed by atoms with Gasteiger partial charge in [0.15, 0.2) is 5.11 Å². The van der Waals surface area contributed by atoms with E-state index in [9.17, 15) is 4.79 Å². The molecule has 1 aliphatic rings. The van der Waals surface area contributed by atoms with Gasteiger partial charge in [0.25, 0.3) is 0 Å². The van der Waals surface area contributed by atoms with E-state index in [4.69, 9.17) is 17.0 Å². The van der Waals surface area contributed by atoms with Crippen LogP contribution in [0.25, 0.3) is 11.1 Å². The van der Waals surface area contributed by atoms with E-state index in [0.29, 0.717) is 10.7 Å². The Kier molecular flexibility index (Phi) is 5.92. The molecule has 0 fully saturated rings. The molecule has 2 aromatic carbocycles. The van der Waals surface area contributed by atoms with Crippen LogP contribution in [0, 0.1) is 0 Å². The first-order valence-corrected chi connectivity index (χ1v) is 10.8. The minimum absolute atomic E-state index is 0.306. The van der Waals surface area contributed by atoms with Gasteiger partial charge in [0, 0.05) is 16.1 Å². The Morgan fingerprint density at radius 1 is 1.00 bits per heavy atom. The highest BCUT2D eigenvalue weighted by Gasteiger charge is 2.26. The normalized spacial score (nSPS) is 12.7. The van der Waals surface area contributed by atoms with Gasteiger partial charge in [-0.25, -0.2) is 4.79 Å². The summed E-state index contributed by atoms with van der Waals surface area (Å²) in [6, 6.07) is 18.2. The maximum Gasteiger partial charge on any atom is 0.341 e. The van der Waals surface area contributed by atoms with E-state index in [1.54, 1.807) is 11.3 Å². The molecule has 0 saturated heterocycles. The molecule has 6 heteroatoms. The van der Waals surface area contributed by atoms with Crippen molar-refractivity contribution in [2.24, 2.45) is 0 Å². The molecular weight excluding hydrogens is 400 g/mol. The summed E-state index contributed by atoms with van der Waals surface area (Å²) in [5.74, 6) is -0.306. The van der Waals surface area contributed by atoms with Gasteiger partial charge in [0.2, 0.25) is 0 Å². The lowest BCUT2D eigenvalue weighted by Crippen LogP contribution is -2.20. The van der Waals surface area contributed by atoms with Crippen molar-refractivity contribution in [2.45, 2.75) is 25.7 Å². The zero-order valence-electron chi connectivity index (χ0n) is 16.2. The molecule has 1 aromatic heterocycles. The van der Waals surface area contributed by atoms with Crippen LogP contribution >= 0.6 is 23.6 Å². The largest absolute Gasteiger partial charge is 0.465 e. The van der Waals surface area contributed by atoms with E-state index in [-0.39, 0.29) is 5.97 Å². The van der Waals surface area contributed by atoms with Crippen LogP contribution < -0.4 is 10.6 Å². The Labute approximate surface area is 179 Å². The van der Waals surface area contributed by atoms with Gasteiger partial charge >= 0.3 is 5.97 Å². The van der Waals surface area contributed by atoms with Crippen molar-refractivity contribution < 1.29 is 9.53 Å². The molecule has 0 spiro atoms. The Hall–Kier alpha value is -2.70. The SMILES string of the molecule is COC(=O)c1c(NC(=S)Nc2ccccc2-c2ccccc2)sc2c1CCCC2. The van der Waals surface area contributed by atoms with Crippen molar-refractivity contribution in [2.75, 3.05) is 17.7 Å². The molecule has 0 radical (unpaired) electrons. The maximum absolute atomic E-state index is 12.4. The number of aryl methyl sites for hydroxylation is 1. The molecule has 29 heavy (non-hydrogen) atoms. The number of ether oxygens (including phenoxy) is 1. The molecule has 4 nitrogen and oxygen atoms in total. The molecule has 2 N–H and O–H groups in total. The standard InChI is InChI=1S/C23H22N2O2S2/c1-27-22(26)20-17-12-6-8-14-19(17)29-21(20)25-23(28)24-18-13-7-5-11-16(18)15-9-3-2-4-10-15/h2-5,7,9-11,13H,6,8,12,14H2,1H3,(H2,24,25,28). The van der Waals surface area contributed by atoms with Gasteiger partial charge < -0.3 is 15.4 Å². The zero-order chi connectivity index (χ0) is 20.2. The van der Waals surface area contributed by atoms with Gasteiger partial charge in [-0.2, -0.15) is 0 Å². The molecule has 1 aliphatic carbocycles. The molecular formula is C23H22N2O2S2. The number of fused-ring (bicyclic) bond motifs is 1. The van der Waals surface area contributed by atoms with Crippen LogP contribution in [0.4, 0.5) is 10.7 Å². The van der Waals surface area contributed by atoms with E-state index >= 15 is 0 Å². The number of para-hydroxylation sites is 1. The number of anilines is 2. The summed E-state index contributed by atoms with van der Waals surface area (Å²) in [6.45, 7) is 0. The lowest BCUT2D eigenvalue weighted by atomic mass is 9.95. The van der Waals surface area contributed by atoms with E-state index in [1.807, 2.05) is 36.4 Å². The number of hydrogen-bond donors (Lipinski definition) is 2. The van der Waals surface area contributed by atoms with E-state index < -0.39 is 0 Å². The summed E-state index contributed by atoms with van der Waals surface area (Å²) in [5.41, 5.74) is 4.84. The second-order valence-corrected chi connectivity index (χ2v) is 8.41. The second-order valence-electron chi connectivity index (χ2n) is 6.90. The van der Waals surface area contributed by atoms with Crippen molar-refractivity contribution in [1.29, 1.82) is 0 Å². The van der Waals surface area contributed by atoms with Gasteiger partial charge in [-0.05, 0) is 55.1 Å². The minimum Gasteiger partial charge on any atom is -0.465 e. The quantitative estimate of drug-likeness (QED) is 0.406. The lowest BCUT2D eigenvalue weighted by Gasteiger charge is -2.14. The van der Waals surface area contributed by atoms with Crippen molar-refractivity contribution in [3.05, 3.63) is 70.6 Å². The number of hydrogen-bond acceptors (Lipinski definition) is 4. The van der Waals surface area contributed by atoms with Crippen LogP contribution in [0.5, 0.6) is 0 Å². The summed E-state index contributed by atoms with van der Waals surface area (Å²) < 4.78 is 5.04. The van der Waals surface area contributed by atoms with Gasteiger partial charge in [0.1, 0.15) is 5.00 Å². The molecule has 148 valence electrons. The predicted molar refractivity (Wildman–Crippen MR) is 124 cm³/mol. The lowest BCUT2D eigenvalue weighted by molar-refractivity contribution is 0.0601. The van der Waals surface area contributed by atoms with Gasteiger partial charge in [0.05, 0.1) is 12.7 Å². The number of carbonyl (C=O) groups excluding carboxylic acids is 1. The third-order valence-electron chi connectivity index (χ3n) is 5.05. The smallest absolute Gasteiger partial charge is 0.341 e. The highest BCUT2D eigenvalue weighted by molar-refractivity contribution is 7.80. The van der Waals surface area contributed by atoms with Crippen LogP contribution in [0.15, 0.2) is 54.6 Å². The van der Waals surface area contributed by atoms with Crippen molar-refractivity contribution in [3.63, 3.8) is 0 Å². The first-order valence-electron chi connectivity index (χ1n) is 9.62. The molecule has 0 amide bonds. The number of nitrogens with one attached hydrogen (secondary N) is 2. The van der Waals surface area contributed by atoms with Crippen LogP contribution in [-0.4, -0.2) is 18.2 Å². The number of benzene rings is 2. The third kappa shape index (κ3) is 4.18. The van der Waals surface area contributed by atoms with E-state index in [2.05, 4.69) is 28.8 Å². The van der Waals surface area contributed by atoms with Crippen LogP contribution in [0.3, 0.4) is 0 Å². The summed E-state index contributed by atoms with van der Waals surface area (Å²) >= 11 is 7.19. The zero-order valence-corrected chi connectivity index (χ0v) is 17.8. The molecule has 0 aliphatic heterocycles. The Bertz CT molecular complexity index is 1040. The summed E-state index contributed by atoms with van der Waals surface area (Å²) in [6.07, 6.45) is 4.17. The summed E-state index contributed by atoms with van der Waals surface area (Å²) in [7, 11) is 1.42. The fourth-order valence-electron chi connectivity index (χ4n) is 3.69. The minimum atomic E-state index is -0.306. The van der Waals surface area contributed by atoms with Gasteiger partial charge in [-0.15, -0.1) is 11.3 Å². The number of methoxy groups -OCH3 is 1. The van der Waals surface area contributed by atoms with Crippen LogP contribution in [0.1, 0.15) is 33.6 Å². The maximum atomic E-state index is 12.4. The second kappa shape index (κ2) is 8.76. The molecule has 4 rings (SSSR count). The molecule has 0 unspecified atom stereocenters. The number of rotatable bonds is 4. The number of thiophene rings is 1. The first kappa shape index (κ1) is 19.6. The fraction of sp³-hybridized carbons (Fsp3) is 0.217. The molecule has 3 aromatic rings. The van der Waals surface area contributed by atoms with Crippen molar-refractivity contribution in [3.8, 4) is 11.1 Å². The Morgan fingerprint density at radius 3 is 2.52 bits per heavy atom. The highest BCUT2D eigenvalue weighted by Crippen LogP contribution is 2.38. The molecule has 0 saturated carbocycles. The van der Waals surface area contributed by atoms with E-state index in [0.717, 1.165) is 53.1 Å². The number of thiocarbonyl (C=S) groups is 1. The number of esters is 1. The number of carbonyl (C=O) groups is 1. The summed E-state index contributed by atoms with van der Waals surface area (Å²) in [4.78, 5) is 13.7. The average Bonchev–Trinajstić information content (AvgIpc) is 3.11. The molecule has 1 heterocycles. The highest BCUT2D eigenvalue weighted by atomic mass is 32.1.